The Morgan fingerprint density at radius 3 is 2.25 bits per heavy atom. The number of fused-ring (bicyclic) bond motifs is 2. The van der Waals surface area contributed by atoms with E-state index in [1.807, 2.05) is 19.1 Å². The second kappa shape index (κ2) is 16.0. The fraction of sp³-hybridized carbons (Fsp3) is 0.239. The summed E-state index contributed by atoms with van der Waals surface area (Å²) in [6, 6.07) is 26.0. The fourth-order valence-electron chi connectivity index (χ4n) is 7.36. The fourth-order valence-corrected chi connectivity index (χ4v) is 7.36. The van der Waals surface area contributed by atoms with E-state index in [4.69, 9.17) is 4.74 Å². The number of carbonyl (C=O) groups is 3. The summed E-state index contributed by atoms with van der Waals surface area (Å²) in [5.41, 5.74) is 7.73. The van der Waals surface area contributed by atoms with Crippen molar-refractivity contribution in [3.63, 3.8) is 0 Å². The number of carboxylic acids is 1. The van der Waals surface area contributed by atoms with Crippen molar-refractivity contribution in [2.45, 2.75) is 64.1 Å². The largest absolute Gasteiger partial charge is 0.478 e. The van der Waals surface area contributed by atoms with Gasteiger partial charge in [-0.3, -0.25) is 9.69 Å². The van der Waals surface area contributed by atoms with Gasteiger partial charge in [-0.2, -0.15) is 13.2 Å². The van der Waals surface area contributed by atoms with Crippen LogP contribution in [0.15, 0.2) is 104 Å². The first-order chi connectivity index (χ1) is 28.7. The number of carboxylic acid groups (broad SMARTS) is 1. The number of benzene rings is 3. The maximum Gasteiger partial charge on any atom is 0.472 e. The molecule has 2 aliphatic rings. The maximum absolute atomic E-state index is 13.5. The third-order valence-electron chi connectivity index (χ3n) is 10.7. The Hall–Kier alpha value is -6.96. The molecule has 0 unspecified atom stereocenters. The van der Waals surface area contributed by atoms with Crippen molar-refractivity contribution in [1.82, 2.24) is 19.5 Å². The smallest absolute Gasteiger partial charge is 0.472 e. The van der Waals surface area contributed by atoms with Crippen molar-refractivity contribution in [1.29, 1.82) is 0 Å². The van der Waals surface area contributed by atoms with Crippen molar-refractivity contribution < 1.29 is 37.4 Å². The first-order valence-electron chi connectivity index (χ1n) is 19.5. The highest BCUT2D eigenvalue weighted by atomic mass is 19.4. The molecule has 9 rings (SSSR count). The number of pyridine rings is 2. The molecule has 11 nitrogen and oxygen atoms in total. The van der Waals surface area contributed by atoms with Crippen LogP contribution in [-0.4, -0.2) is 55.8 Å². The number of aryl methyl sites for hydroxylation is 2. The predicted octanol–water partition coefficient (Wildman–Crippen LogP) is 10.5. The third-order valence-corrected chi connectivity index (χ3v) is 10.7. The van der Waals surface area contributed by atoms with E-state index in [9.17, 15) is 32.7 Å². The Kier molecular flexibility index (Phi) is 10.6. The number of hydrogen-bond donors (Lipinski definition) is 3. The van der Waals surface area contributed by atoms with Crippen molar-refractivity contribution in [3.05, 3.63) is 143 Å². The Bertz CT molecular complexity index is 2790. The molecule has 4 aromatic heterocycles. The lowest BCUT2D eigenvalue weighted by Crippen LogP contribution is -2.39. The number of nitrogens with zero attached hydrogens (tertiary/aromatic N) is 4. The van der Waals surface area contributed by atoms with Gasteiger partial charge in [0.1, 0.15) is 16.9 Å². The molecule has 2 aliphatic carbocycles. The van der Waals surface area contributed by atoms with Crippen LogP contribution in [0.2, 0.25) is 0 Å². The molecule has 3 aromatic carbocycles. The summed E-state index contributed by atoms with van der Waals surface area (Å²) in [4.78, 5) is 48.5. The van der Waals surface area contributed by atoms with Crippen LogP contribution >= 0.6 is 0 Å². The molecule has 0 saturated heterocycles. The summed E-state index contributed by atoms with van der Waals surface area (Å²) < 4.78 is 47.4. The van der Waals surface area contributed by atoms with Crippen molar-refractivity contribution in [2.75, 3.05) is 17.3 Å². The molecule has 0 radical (unpaired) electrons. The molecule has 0 bridgehead atoms. The van der Waals surface area contributed by atoms with Crippen molar-refractivity contribution in [3.8, 4) is 0 Å². The highest BCUT2D eigenvalue weighted by molar-refractivity contribution is 6.08. The topological polar surface area (TPSA) is 142 Å². The number of nitrogens with one attached hydrogen (secondary N) is 2. The second-order valence-corrected chi connectivity index (χ2v) is 15.3. The van der Waals surface area contributed by atoms with E-state index in [1.54, 1.807) is 24.4 Å². The minimum atomic E-state index is -5.17. The van der Waals surface area contributed by atoms with Crippen LogP contribution in [0, 0.1) is 13.8 Å². The van der Waals surface area contributed by atoms with Gasteiger partial charge < -0.3 is 24.7 Å². The lowest BCUT2D eigenvalue weighted by molar-refractivity contribution is -0.169. The molecule has 3 N–H and O–H groups in total. The van der Waals surface area contributed by atoms with Crippen LogP contribution in [0.1, 0.15) is 86.2 Å². The molecule has 0 spiro atoms. The summed E-state index contributed by atoms with van der Waals surface area (Å²) >= 11 is 0. The molecule has 2 saturated carbocycles. The van der Waals surface area contributed by atoms with Gasteiger partial charge in [0, 0.05) is 58.3 Å². The number of esters is 1. The minimum Gasteiger partial charge on any atom is -0.478 e. The van der Waals surface area contributed by atoms with E-state index in [2.05, 4.69) is 74.4 Å². The van der Waals surface area contributed by atoms with Gasteiger partial charge in [-0.15, -0.1) is 0 Å². The van der Waals surface area contributed by atoms with E-state index >= 15 is 0 Å². The molecule has 2 fully saturated rings. The molecule has 4 heterocycles. The lowest BCUT2D eigenvalue weighted by Gasteiger charge is -2.25. The van der Waals surface area contributed by atoms with Gasteiger partial charge in [0.2, 0.25) is 0 Å². The number of hydrogen-bond acceptors (Lipinski definition) is 7. The van der Waals surface area contributed by atoms with Crippen LogP contribution in [-0.2, 0) is 16.1 Å². The third kappa shape index (κ3) is 8.58. The molecule has 0 aliphatic heterocycles. The average molecular weight is 815 g/mol. The molecule has 7 aromatic rings. The number of carbonyl (C=O) groups excluding carboxylic acids is 2. The lowest BCUT2D eigenvalue weighted by atomic mass is 10.1. The number of amides is 1. The van der Waals surface area contributed by atoms with E-state index in [0.717, 1.165) is 72.7 Å². The zero-order chi connectivity index (χ0) is 42.3. The number of anilines is 4. The Balaban J connectivity index is 0.000000166. The van der Waals surface area contributed by atoms with E-state index in [0.29, 0.717) is 27.5 Å². The number of ether oxygens (including phenoxy) is 1. The zero-order valence-electron chi connectivity index (χ0n) is 33.0. The van der Waals surface area contributed by atoms with Crippen molar-refractivity contribution in [2.24, 2.45) is 0 Å². The zero-order valence-corrected chi connectivity index (χ0v) is 33.0. The van der Waals surface area contributed by atoms with Gasteiger partial charge in [-0.05, 0) is 129 Å². The van der Waals surface area contributed by atoms with Gasteiger partial charge in [0.15, 0.2) is 5.82 Å². The number of alkyl halides is 3. The highest BCUT2D eigenvalue weighted by Gasteiger charge is 2.45. The van der Waals surface area contributed by atoms with E-state index < -0.39 is 29.8 Å². The monoisotopic (exact) mass is 814 g/mol. The first-order valence-corrected chi connectivity index (χ1v) is 19.5. The molecule has 0 atom stereocenters. The summed E-state index contributed by atoms with van der Waals surface area (Å²) in [6.07, 6.45) is 4.17. The summed E-state index contributed by atoms with van der Waals surface area (Å²) in [6.45, 7) is 4.73. The maximum atomic E-state index is 13.5. The second-order valence-electron chi connectivity index (χ2n) is 15.3. The van der Waals surface area contributed by atoms with Gasteiger partial charge in [-0.1, -0.05) is 29.8 Å². The number of aromatic carboxylic acids is 1. The minimum absolute atomic E-state index is 0.0550. The van der Waals surface area contributed by atoms with Crippen molar-refractivity contribution >= 4 is 62.7 Å². The quantitative estimate of drug-likeness (QED) is 0.116. The molecular weight excluding hydrogens is 774 g/mol. The summed E-state index contributed by atoms with van der Waals surface area (Å²) in [7, 11) is 1.13. The van der Waals surface area contributed by atoms with Crippen LogP contribution < -0.4 is 10.2 Å². The number of aromatic amines is 1. The summed E-state index contributed by atoms with van der Waals surface area (Å²) in [5, 5.41) is 14.5. The van der Waals surface area contributed by atoms with Crippen LogP contribution in [0.5, 0.6) is 0 Å². The van der Waals surface area contributed by atoms with Gasteiger partial charge in [0.05, 0.1) is 12.8 Å². The summed E-state index contributed by atoms with van der Waals surface area (Å²) in [5.74, 6) is -3.33. The van der Waals surface area contributed by atoms with Crippen LogP contribution in [0.25, 0.3) is 21.8 Å². The average Bonchev–Trinajstić information content (AvgIpc) is 4.17. The predicted molar refractivity (Wildman–Crippen MR) is 222 cm³/mol. The van der Waals surface area contributed by atoms with E-state index in [-0.39, 0.29) is 22.7 Å². The standard InChI is InChI=1S/C25H23N3O2.C21H18F3N3O3/c1-16-3-2-4-17(11-16)15-28-10-9-19-12-21(7-8-23(19)28)27-24-22(25(29)30)13-20(14-26-24)18-5-6-18;1-11-7-13-8-15(5-6-17(13)26-11)27(20(29)21(22,23)24)18-16(19(28)30-2)9-14(10-25-18)12-3-4-12/h2-4,7-14,18H,5-6,15H2,1H3,(H,26,27)(H,29,30);5-10,12,26H,3-4H2,1-2H3. The van der Waals surface area contributed by atoms with Crippen LogP contribution in [0.4, 0.5) is 36.2 Å². The number of H-pyrrole nitrogens is 1. The Labute approximate surface area is 342 Å². The SMILES string of the molecule is COC(=O)c1cc(C2CC2)cnc1N(C(=O)C(F)(F)F)c1ccc2[nH]c(C)cc2c1.Cc1cccc(Cn2ccc3cc(Nc4ncc(C5CC5)cc4C(=O)O)ccc32)c1. The van der Waals surface area contributed by atoms with E-state index in [1.165, 1.54) is 35.5 Å². The number of halogens is 3. The molecule has 1 amide bonds. The number of rotatable bonds is 10. The normalized spacial score (nSPS) is 13.8. The van der Waals surface area contributed by atoms with Crippen LogP contribution in [0.3, 0.4) is 0 Å². The molecule has 60 heavy (non-hydrogen) atoms. The highest BCUT2D eigenvalue weighted by Crippen LogP contribution is 2.43. The van der Waals surface area contributed by atoms with Gasteiger partial charge in [-0.25, -0.2) is 19.6 Å². The molecular formula is C46H41F3N6O5. The number of aromatic nitrogens is 4. The molecule has 14 heteroatoms. The Morgan fingerprint density at radius 1 is 0.867 bits per heavy atom. The molecule has 306 valence electrons. The first kappa shape index (κ1) is 39.8. The number of methoxy groups -OCH3 is 1. The Morgan fingerprint density at radius 2 is 1.58 bits per heavy atom. The van der Waals surface area contributed by atoms with Gasteiger partial charge >= 0.3 is 24.0 Å². The van der Waals surface area contributed by atoms with Gasteiger partial charge in [0.25, 0.3) is 0 Å².